The number of aromatic nitrogens is 3. The first kappa shape index (κ1) is 22.7. The van der Waals surface area contributed by atoms with Crippen molar-refractivity contribution in [2.75, 3.05) is 0 Å². The third kappa shape index (κ3) is 3.93. The van der Waals surface area contributed by atoms with E-state index in [9.17, 15) is 9.90 Å². The van der Waals surface area contributed by atoms with Crippen LogP contribution in [0.5, 0.6) is 0 Å². The van der Waals surface area contributed by atoms with Gasteiger partial charge in [-0.2, -0.15) is 5.26 Å². The number of aliphatic carboxylic acids is 1. The first-order valence-corrected chi connectivity index (χ1v) is 11.8. The molecule has 0 saturated heterocycles. The van der Waals surface area contributed by atoms with Gasteiger partial charge in [-0.15, -0.1) is 0 Å². The van der Waals surface area contributed by atoms with Crippen LogP contribution in [0, 0.1) is 23.2 Å². The second-order valence-corrected chi connectivity index (χ2v) is 8.60. The Labute approximate surface area is 217 Å². The molecule has 0 aliphatic carbocycles. The summed E-state index contributed by atoms with van der Waals surface area (Å²) in [6.07, 6.45) is 4.38. The van der Waals surface area contributed by atoms with Crippen LogP contribution < -0.4 is 0 Å². The zero-order chi connectivity index (χ0) is 26.1. The van der Waals surface area contributed by atoms with Gasteiger partial charge in [0.1, 0.15) is 17.2 Å². The number of carboxylic acids is 1. The van der Waals surface area contributed by atoms with E-state index in [1.54, 1.807) is 24.4 Å². The lowest BCUT2D eigenvalue weighted by Gasteiger charge is -2.07. The van der Waals surface area contributed by atoms with Gasteiger partial charge in [0.05, 0.1) is 22.1 Å². The maximum absolute atomic E-state index is 11.3. The van der Waals surface area contributed by atoms with Crippen molar-refractivity contribution in [2.24, 2.45) is 0 Å². The van der Waals surface area contributed by atoms with Gasteiger partial charge in [-0.1, -0.05) is 54.3 Å². The highest BCUT2D eigenvalue weighted by molar-refractivity contribution is 6.09. The Hall–Kier alpha value is -5.72. The Morgan fingerprint density at radius 1 is 0.789 bits per heavy atom. The van der Waals surface area contributed by atoms with Crippen molar-refractivity contribution in [1.82, 2.24) is 14.5 Å². The van der Waals surface area contributed by atoms with Crippen molar-refractivity contribution in [3.05, 3.63) is 120 Å². The van der Waals surface area contributed by atoms with Crippen LogP contribution in [-0.2, 0) is 4.79 Å². The molecule has 1 N–H and O–H groups in total. The number of carboxylic acid groups (broad SMARTS) is 1. The van der Waals surface area contributed by atoms with Gasteiger partial charge in [0.25, 0.3) is 0 Å². The number of benzene rings is 4. The average Bonchev–Trinajstić information content (AvgIpc) is 3.30. The van der Waals surface area contributed by atoms with E-state index in [2.05, 4.69) is 87.0 Å². The quantitative estimate of drug-likeness (QED) is 0.183. The number of nitrogens with zero attached hydrogens (tertiary/aromatic N) is 4. The third-order valence-corrected chi connectivity index (χ3v) is 6.35. The molecular weight excluding hydrogens is 472 g/mol. The lowest BCUT2D eigenvalue weighted by atomic mass is 10.0. The van der Waals surface area contributed by atoms with E-state index in [1.807, 2.05) is 12.1 Å². The molecule has 0 saturated carbocycles. The molecule has 0 unspecified atom stereocenters. The lowest BCUT2D eigenvalue weighted by Crippen LogP contribution is -1.98. The minimum Gasteiger partial charge on any atom is -0.477 e. The highest BCUT2D eigenvalue weighted by Crippen LogP contribution is 2.31. The molecule has 0 radical (unpaired) electrons. The molecule has 6 heteroatoms. The molecule has 0 spiro atoms. The van der Waals surface area contributed by atoms with Gasteiger partial charge in [-0.3, -0.25) is 9.97 Å². The Bertz CT molecular complexity index is 1960. The summed E-state index contributed by atoms with van der Waals surface area (Å²) in [5.41, 5.74) is 5.98. The smallest absolute Gasteiger partial charge is 0.346 e. The standard InChI is InChI=1S/C32H18N4O2/c33-20-24(32(37)38)19-23-14-13-22(30-31(23)35-18-17-34-30)12-9-21-10-15-25(16-11-21)36-28-7-3-1-5-26(28)27-6-2-4-8-29(27)36/h1-8,10-11,13-19H,(H,37,38)/b24-19+. The van der Waals surface area contributed by atoms with E-state index < -0.39 is 5.97 Å². The summed E-state index contributed by atoms with van der Waals surface area (Å²) >= 11 is 0. The van der Waals surface area contributed by atoms with E-state index in [4.69, 9.17) is 5.26 Å². The number of para-hydroxylation sites is 2. The molecule has 38 heavy (non-hydrogen) atoms. The lowest BCUT2D eigenvalue weighted by molar-refractivity contribution is -0.132. The monoisotopic (exact) mass is 490 g/mol. The first-order chi connectivity index (χ1) is 18.6. The van der Waals surface area contributed by atoms with Crippen LogP contribution in [0.2, 0.25) is 0 Å². The largest absolute Gasteiger partial charge is 0.477 e. The molecule has 6 rings (SSSR count). The molecule has 4 aromatic carbocycles. The molecule has 0 amide bonds. The van der Waals surface area contributed by atoms with Crippen LogP contribution in [0.1, 0.15) is 16.7 Å². The fourth-order valence-corrected chi connectivity index (χ4v) is 4.63. The van der Waals surface area contributed by atoms with Crippen molar-refractivity contribution in [3.8, 4) is 23.6 Å². The van der Waals surface area contributed by atoms with Crippen LogP contribution in [0.4, 0.5) is 0 Å². The predicted octanol–water partition coefficient (Wildman–Crippen LogP) is 6.12. The van der Waals surface area contributed by atoms with E-state index in [0.29, 0.717) is 22.2 Å². The summed E-state index contributed by atoms with van der Waals surface area (Å²) in [7, 11) is 0. The number of rotatable bonds is 3. The van der Waals surface area contributed by atoms with Gasteiger partial charge in [0.2, 0.25) is 0 Å². The van der Waals surface area contributed by atoms with Gasteiger partial charge in [0, 0.05) is 40.0 Å². The van der Waals surface area contributed by atoms with Crippen LogP contribution in [0.3, 0.4) is 0 Å². The van der Waals surface area contributed by atoms with Gasteiger partial charge in [-0.05, 0) is 48.5 Å². The normalized spacial score (nSPS) is 11.3. The fraction of sp³-hybridized carbons (Fsp3) is 0. The molecule has 0 fully saturated rings. The second kappa shape index (κ2) is 9.39. The number of hydrogen-bond donors (Lipinski definition) is 1. The molecule has 6 aromatic rings. The van der Waals surface area contributed by atoms with Crippen molar-refractivity contribution in [2.45, 2.75) is 0 Å². The van der Waals surface area contributed by atoms with Crippen molar-refractivity contribution in [3.63, 3.8) is 0 Å². The van der Waals surface area contributed by atoms with Gasteiger partial charge >= 0.3 is 5.97 Å². The summed E-state index contributed by atoms with van der Waals surface area (Å²) in [5, 5.41) is 20.7. The number of nitriles is 1. The van der Waals surface area contributed by atoms with Gasteiger partial charge in [-0.25, -0.2) is 4.79 Å². The van der Waals surface area contributed by atoms with E-state index in [-0.39, 0.29) is 5.57 Å². The Balaban J connectivity index is 1.38. The molecule has 6 nitrogen and oxygen atoms in total. The SMILES string of the molecule is N#C/C(=C\c1ccc(C#Cc2ccc(-n3c4ccccc4c4ccccc43)cc2)c2nccnc12)C(=O)O. The number of fused-ring (bicyclic) bond motifs is 4. The third-order valence-electron chi connectivity index (χ3n) is 6.35. The van der Waals surface area contributed by atoms with Crippen LogP contribution in [0.25, 0.3) is 44.6 Å². The first-order valence-electron chi connectivity index (χ1n) is 11.8. The maximum Gasteiger partial charge on any atom is 0.346 e. The molecule has 2 heterocycles. The molecule has 0 aliphatic rings. The highest BCUT2D eigenvalue weighted by Gasteiger charge is 2.12. The molecule has 0 aliphatic heterocycles. The average molecular weight is 491 g/mol. The van der Waals surface area contributed by atoms with Crippen molar-refractivity contribution in [1.29, 1.82) is 5.26 Å². The number of carbonyl (C=O) groups is 1. The van der Waals surface area contributed by atoms with E-state index in [1.165, 1.54) is 23.0 Å². The van der Waals surface area contributed by atoms with Crippen LogP contribution in [-0.4, -0.2) is 25.6 Å². The molecule has 0 atom stereocenters. The maximum atomic E-state index is 11.3. The van der Waals surface area contributed by atoms with Gasteiger partial charge < -0.3 is 9.67 Å². The molecule has 2 aromatic heterocycles. The summed E-state index contributed by atoms with van der Waals surface area (Å²) in [6.45, 7) is 0. The molecule has 178 valence electrons. The van der Waals surface area contributed by atoms with E-state index in [0.717, 1.165) is 22.3 Å². The summed E-state index contributed by atoms with van der Waals surface area (Å²) in [5.74, 6) is 5.08. The zero-order valence-electron chi connectivity index (χ0n) is 20.0. The van der Waals surface area contributed by atoms with Gasteiger partial charge in [0.15, 0.2) is 0 Å². The predicted molar refractivity (Wildman–Crippen MR) is 148 cm³/mol. The minimum absolute atomic E-state index is 0.376. The summed E-state index contributed by atoms with van der Waals surface area (Å²) in [6, 6.07) is 30.0. The topological polar surface area (TPSA) is 91.8 Å². The van der Waals surface area contributed by atoms with E-state index >= 15 is 0 Å². The molecule has 0 bridgehead atoms. The fourth-order valence-electron chi connectivity index (χ4n) is 4.63. The zero-order valence-corrected chi connectivity index (χ0v) is 20.0. The Morgan fingerprint density at radius 3 is 2.05 bits per heavy atom. The Morgan fingerprint density at radius 2 is 1.42 bits per heavy atom. The van der Waals surface area contributed by atoms with Crippen LogP contribution in [0.15, 0.2) is 103 Å². The van der Waals surface area contributed by atoms with Crippen LogP contribution >= 0.6 is 0 Å². The number of hydrogen-bond acceptors (Lipinski definition) is 4. The van der Waals surface area contributed by atoms with Crippen molar-refractivity contribution >= 4 is 44.9 Å². The summed E-state index contributed by atoms with van der Waals surface area (Å²) < 4.78 is 2.25. The van der Waals surface area contributed by atoms with Crippen molar-refractivity contribution < 1.29 is 9.90 Å². The second-order valence-electron chi connectivity index (χ2n) is 8.60. The Kier molecular flexibility index (Phi) is 5.61. The summed E-state index contributed by atoms with van der Waals surface area (Å²) in [4.78, 5) is 20.0. The highest BCUT2D eigenvalue weighted by atomic mass is 16.4. The minimum atomic E-state index is -1.29. The molecular formula is C32H18N4O2.